The van der Waals surface area contributed by atoms with Gasteiger partial charge in [-0.25, -0.2) is 4.98 Å². The van der Waals surface area contributed by atoms with Gasteiger partial charge in [0.15, 0.2) is 5.13 Å². The molecule has 1 aliphatic heterocycles. The Bertz CT molecular complexity index is 872. The minimum absolute atomic E-state index is 0.0337. The first-order valence-electron chi connectivity index (χ1n) is 8.55. The minimum Gasteiger partial charge on any atom is -0.370 e. The molecule has 0 bridgehead atoms. The number of rotatable bonds is 5. The molecular formula is C18H19ClN3O2S2+. The van der Waals surface area contributed by atoms with E-state index in [0.717, 1.165) is 48.2 Å². The number of morpholine rings is 1. The predicted molar refractivity (Wildman–Crippen MR) is 107 cm³/mol. The maximum Gasteiger partial charge on any atom is 0.270 e. The van der Waals surface area contributed by atoms with E-state index in [2.05, 4.69) is 0 Å². The van der Waals surface area contributed by atoms with Gasteiger partial charge in [-0.3, -0.25) is 9.69 Å². The maximum absolute atomic E-state index is 13.1. The van der Waals surface area contributed by atoms with Crippen LogP contribution in [0.25, 0.3) is 10.2 Å². The molecule has 3 heterocycles. The van der Waals surface area contributed by atoms with Crippen molar-refractivity contribution in [3.8, 4) is 0 Å². The van der Waals surface area contributed by atoms with Gasteiger partial charge < -0.3 is 9.64 Å². The summed E-state index contributed by atoms with van der Waals surface area (Å²) in [6.45, 7) is 5.03. The van der Waals surface area contributed by atoms with Crippen LogP contribution in [-0.4, -0.2) is 50.3 Å². The lowest BCUT2D eigenvalue weighted by Crippen LogP contribution is -3.14. The summed E-state index contributed by atoms with van der Waals surface area (Å²) >= 11 is 8.90. The highest BCUT2D eigenvalue weighted by molar-refractivity contribution is 7.22. The summed E-state index contributed by atoms with van der Waals surface area (Å²) in [5, 5.41) is 0.744. The summed E-state index contributed by atoms with van der Waals surface area (Å²) in [6.07, 6.45) is 0. The van der Waals surface area contributed by atoms with E-state index in [1.807, 2.05) is 24.3 Å². The van der Waals surface area contributed by atoms with Gasteiger partial charge in [-0.15, -0.1) is 11.3 Å². The zero-order valence-electron chi connectivity index (χ0n) is 14.1. The number of carbonyl (C=O) groups is 1. The number of thiazole rings is 1. The maximum atomic E-state index is 13.1. The van der Waals surface area contributed by atoms with Crippen molar-refractivity contribution in [2.24, 2.45) is 0 Å². The van der Waals surface area contributed by atoms with E-state index in [0.29, 0.717) is 15.8 Å². The molecule has 0 radical (unpaired) electrons. The molecule has 1 aliphatic rings. The van der Waals surface area contributed by atoms with Gasteiger partial charge in [0.25, 0.3) is 5.91 Å². The number of nitrogens with zero attached hydrogens (tertiary/aromatic N) is 2. The average Bonchev–Trinajstić information content (AvgIpc) is 3.28. The van der Waals surface area contributed by atoms with Gasteiger partial charge in [0.2, 0.25) is 0 Å². The van der Waals surface area contributed by atoms with Gasteiger partial charge in [0.05, 0.1) is 45.7 Å². The quantitative estimate of drug-likeness (QED) is 0.705. The molecule has 1 amide bonds. The number of carbonyl (C=O) groups excluding carboxylic acids is 1. The van der Waals surface area contributed by atoms with Crippen LogP contribution in [0.1, 0.15) is 9.67 Å². The van der Waals surface area contributed by atoms with Crippen LogP contribution >= 0.6 is 34.3 Å². The summed E-state index contributed by atoms with van der Waals surface area (Å²) in [5.74, 6) is -0.0337. The van der Waals surface area contributed by atoms with E-state index < -0.39 is 0 Å². The van der Waals surface area contributed by atoms with Crippen molar-refractivity contribution in [2.45, 2.75) is 0 Å². The molecule has 1 saturated heterocycles. The first-order valence-corrected chi connectivity index (χ1v) is 10.6. The number of para-hydroxylation sites is 1. The number of hydrogen-bond acceptors (Lipinski definition) is 5. The van der Waals surface area contributed by atoms with Gasteiger partial charge >= 0.3 is 0 Å². The normalized spacial score (nSPS) is 15.4. The summed E-state index contributed by atoms with van der Waals surface area (Å²) in [4.78, 5) is 21.7. The van der Waals surface area contributed by atoms with E-state index in [1.165, 1.54) is 16.2 Å². The number of anilines is 1. The molecule has 0 atom stereocenters. The van der Waals surface area contributed by atoms with Gasteiger partial charge in [-0.2, -0.15) is 0 Å². The Hall–Kier alpha value is -1.51. The number of hydrogen-bond donors (Lipinski definition) is 1. The monoisotopic (exact) mass is 408 g/mol. The highest BCUT2D eigenvalue weighted by atomic mass is 35.5. The van der Waals surface area contributed by atoms with Crippen molar-refractivity contribution in [3.63, 3.8) is 0 Å². The van der Waals surface area contributed by atoms with Crippen LogP contribution in [-0.2, 0) is 4.74 Å². The molecule has 0 aliphatic carbocycles. The molecule has 0 saturated carbocycles. The van der Waals surface area contributed by atoms with Crippen LogP contribution in [0.5, 0.6) is 0 Å². The first kappa shape index (κ1) is 17.9. The highest BCUT2D eigenvalue weighted by Gasteiger charge is 2.25. The summed E-state index contributed by atoms with van der Waals surface area (Å²) in [5.41, 5.74) is 0.924. The van der Waals surface area contributed by atoms with E-state index in [9.17, 15) is 4.79 Å². The Kier molecular flexibility index (Phi) is 5.52. The largest absolute Gasteiger partial charge is 0.370 e. The molecule has 1 aromatic carbocycles. The van der Waals surface area contributed by atoms with Crippen molar-refractivity contribution in [1.82, 2.24) is 4.98 Å². The smallest absolute Gasteiger partial charge is 0.270 e. The fourth-order valence-corrected chi connectivity index (χ4v) is 4.98. The zero-order valence-corrected chi connectivity index (χ0v) is 16.5. The molecule has 136 valence electrons. The molecule has 8 heteroatoms. The van der Waals surface area contributed by atoms with Crippen LogP contribution in [0.4, 0.5) is 5.13 Å². The molecular weight excluding hydrogens is 390 g/mol. The Labute approximate surface area is 164 Å². The van der Waals surface area contributed by atoms with Crippen molar-refractivity contribution in [2.75, 3.05) is 44.3 Å². The first-order chi connectivity index (χ1) is 12.7. The van der Waals surface area contributed by atoms with E-state index >= 15 is 0 Å². The molecule has 2 aromatic heterocycles. The highest BCUT2D eigenvalue weighted by Crippen LogP contribution is 2.31. The second-order valence-corrected chi connectivity index (χ2v) is 8.86. The van der Waals surface area contributed by atoms with Crippen molar-refractivity contribution >= 4 is 55.5 Å². The number of halogens is 1. The van der Waals surface area contributed by atoms with Crippen molar-refractivity contribution in [3.05, 3.63) is 45.6 Å². The van der Waals surface area contributed by atoms with Crippen molar-refractivity contribution < 1.29 is 14.4 Å². The fraction of sp³-hybridized carbons (Fsp3) is 0.333. The van der Waals surface area contributed by atoms with Crippen LogP contribution < -0.4 is 9.80 Å². The van der Waals surface area contributed by atoms with Crippen LogP contribution in [0.15, 0.2) is 36.4 Å². The molecule has 4 rings (SSSR count). The second-order valence-electron chi connectivity index (χ2n) is 6.14. The molecule has 1 N–H and O–H groups in total. The van der Waals surface area contributed by atoms with Gasteiger partial charge in [-0.05, 0) is 24.3 Å². The number of thiophene rings is 1. The fourth-order valence-electron chi connectivity index (χ4n) is 3.00. The number of fused-ring (bicyclic) bond motifs is 1. The minimum atomic E-state index is -0.0337. The molecule has 0 unspecified atom stereocenters. The SMILES string of the molecule is O=C(c1ccc(Cl)s1)N(CC[NH+]1CCOCC1)c1nc2ccccc2s1. The van der Waals surface area contributed by atoms with E-state index in [-0.39, 0.29) is 5.91 Å². The molecule has 26 heavy (non-hydrogen) atoms. The van der Waals surface area contributed by atoms with Crippen molar-refractivity contribution in [1.29, 1.82) is 0 Å². The number of ether oxygens (including phenoxy) is 1. The van der Waals surface area contributed by atoms with Gasteiger partial charge in [0, 0.05) is 0 Å². The number of quaternary nitrogens is 1. The molecule has 1 fully saturated rings. The number of amides is 1. The standard InChI is InChI=1S/C18H18ClN3O2S2/c19-16-6-5-15(25-16)17(23)22(8-7-21-9-11-24-12-10-21)18-20-13-3-1-2-4-14(13)26-18/h1-6H,7-12H2/p+1. The zero-order chi connectivity index (χ0) is 17.9. The lowest BCUT2D eigenvalue weighted by atomic mass is 10.3. The Morgan fingerprint density at radius 1 is 1.19 bits per heavy atom. The molecule has 5 nitrogen and oxygen atoms in total. The van der Waals surface area contributed by atoms with Crippen LogP contribution in [0, 0.1) is 0 Å². The Morgan fingerprint density at radius 3 is 2.73 bits per heavy atom. The third-order valence-corrected chi connectivity index (χ3v) is 6.71. The third kappa shape index (κ3) is 3.92. The number of aromatic nitrogens is 1. The molecule has 0 spiro atoms. The topological polar surface area (TPSA) is 46.9 Å². The van der Waals surface area contributed by atoms with E-state index in [1.54, 1.807) is 28.4 Å². The van der Waals surface area contributed by atoms with Gasteiger partial charge in [-0.1, -0.05) is 35.1 Å². The predicted octanol–water partition coefficient (Wildman–Crippen LogP) is 2.57. The van der Waals surface area contributed by atoms with Crippen LogP contribution in [0.3, 0.4) is 0 Å². The van der Waals surface area contributed by atoms with Gasteiger partial charge in [0.1, 0.15) is 13.1 Å². The number of nitrogens with one attached hydrogen (secondary N) is 1. The van der Waals surface area contributed by atoms with Crippen LogP contribution in [0.2, 0.25) is 4.34 Å². The lowest BCUT2D eigenvalue weighted by Gasteiger charge is -2.26. The average molecular weight is 409 g/mol. The Morgan fingerprint density at radius 2 is 2.00 bits per heavy atom. The molecule has 3 aromatic rings. The lowest BCUT2D eigenvalue weighted by molar-refractivity contribution is -0.906. The number of benzene rings is 1. The summed E-state index contributed by atoms with van der Waals surface area (Å²) in [6, 6.07) is 11.5. The third-order valence-electron chi connectivity index (χ3n) is 4.43. The second kappa shape index (κ2) is 8.02. The van der Waals surface area contributed by atoms with E-state index in [4.69, 9.17) is 21.3 Å². The summed E-state index contributed by atoms with van der Waals surface area (Å²) < 4.78 is 7.13. The Balaban J connectivity index is 1.60. The summed E-state index contributed by atoms with van der Waals surface area (Å²) in [7, 11) is 0.